The van der Waals surface area contributed by atoms with Crippen LogP contribution >= 0.6 is 11.6 Å². The first-order valence-corrected chi connectivity index (χ1v) is 14.5. The maximum atomic E-state index is 13.5. The predicted molar refractivity (Wildman–Crippen MR) is 161 cm³/mol. The molecule has 4 rings (SSSR count). The van der Waals surface area contributed by atoms with Crippen LogP contribution in [0, 0.1) is 17.2 Å². The quantitative estimate of drug-likeness (QED) is 0.167. The average molecular weight is 546 g/mol. The highest BCUT2D eigenvalue weighted by Gasteiger charge is 2.29. The van der Waals surface area contributed by atoms with E-state index in [0.717, 1.165) is 49.8 Å². The van der Waals surface area contributed by atoms with Gasteiger partial charge in [-0.05, 0) is 91.6 Å². The van der Waals surface area contributed by atoms with Crippen molar-refractivity contribution in [2.24, 2.45) is 11.8 Å². The Kier molecular flexibility index (Phi) is 9.68. The van der Waals surface area contributed by atoms with Gasteiger partial charge in [0.05, 0.1) is 17.9 Å². The second-order valence-corrected chi connectivity index (χ2v) is 11.4. The summed E-state index contributed by atoms with van der Waals surface area (Å²) in [5.74, 6) is 1.50. The van der Waals surface area contributed by atoms with Crippen molar-refractivity contribution in [3.63, 3.8) is 0 Å². The Hall–Kier alpha value is -3.31. The van der Waals surface area contributed by atoms with Crippen LogP contribution in [0.3, 0.4) is 0 Å². The first-order chi connectivity index (χ1) is 18.8. The molecule has 1 aliphatic rings. The molecule has 3 aromatic carbocycles. The standard InChI is InChI=1S/C33H40ClN3O2/c1-4-25(19-21(2)3)39-26-16-13-22(14-17-26)31(36)28-20-24(15-18-30(28)35)33(38)37-32(23-9-5-6-10-23)27-11-7-8-12-29(27)34/h7-8,11-18,20-21,23,25,32,36H,4-6,9-10,19,35H2,1-3H3,(H,37,38). The SMILES string of the molecule is CCC(CC(C)C)Oc1ccc(C(=N)c2cc(C(=O)NC(c3ccccc3Cl)C3CCCC3)ccc2N)cc1. The number of nitrogen functional groups attached to an aromatic ring is 1. The van der Waals surface area contributed by atoms with E-state index in [-0.39, 0.29) is 23.8 Å². The van der Waals surface area contributed by atoms with Crippen LogP contribution in [0.4, 0.5) is 5.69 Å². The number of benzene rings is 3. The van der Waals surface area contributed by atoms with Gasteiger partial charge in [-0.25, -0.2) is 0 Å². The van der Waals surface area contributed by atoms with Crippen molar-refractivity contribution in [3.8, 4) is 5.75 Å². The lowest BCUT2D eigenvalue weighted by Gasteiger charge is -2.26. The first-order valence-electron chi connectivity index (χ1n) is 14.1. The molecule has 1 fully saturated rings. The largest absolute Gasteiger partial charge is 0.490 e. The summed E-state index contributed by atoms with van der Waals surface area (Å²) in [4.78, 5) is 13.5. The number of hydrogen-bond acceptors (Lipinski definition) is 4. The van der Waals surface area contributed by atoms with Crippen LogP contribution in [0.2, 0.25) is 5.02 Å². The van der Waals surface area contributed by atoms with Crippen molar-refractivity contribution in [1.82, 2.24) is 5.32 Å². The predicted octanol–water partition coefficient (Wildman–Crippen LogP) is 8.20. The normalized spacial score (nSPS) is 15.2. The van der Waals surface area contributed by atoms with E-state index in [9.17, 15) is 4.79 Å². The summed E-state index contributed by atoms with van der Waals surface area (Å²) in [5.41, 5.74) is 9.66. The molecule has 3 aromatic rings. The Morgan fingerprint density at radius 3 is 2.36 bits per heavy atom. The van der Waals surface area contributed by atoms with E-state index in [2.05, 4.69) is 26.1 Å². The van der Waals surface area contributed by atoms with Gasteiger partial charge in [-0.15, -0.1) is 0 Å². The third kappa shape index (κ3) is 7.21. The van der Waals surface area contributed by atoms with E-state index in [4.69, 9.17) is 27.5 Å². The highest BCUT2D eigenvalue weighted by molar-refractivity contribution is 6.31. The number of carbonyl (C=O) groups excluding carboxylic acids is 1. The number of carbonyl (C=O) groups is 1. The summed E-state index contributed by atoms with van der Waals surface area (Å²) in [6.45, 7) is 6.52. The number of anilines is 1. The van der Waals surface area contributed by atoms with Gasteiger partial charge in [0.2, 0.25) is 0 Å². The summed E-state index contributed by atoms with van der Waals surface area (Å²) in [6.07, 6.45) is 6.54. The fourth-order valence-corrected chi connectivity index (χ4v) is 5.73. The van der Waals surface area contributed by atoms with E-state index in [1.807, 2.05) is 48.5 Å². The van der Waals surface area contributed by atoms with Crippen LogP contribution in [-0.2, 0) is 0 Å². The van der Waals surface area contributed by atoms with Gasteiger partial charge in [0.15, 0.2) is 0 Å². The zero-order valence-corrected chi connectivity index (χ0v) is 23.9. The Balaban J connectivity index is 1.52. The fourth-order valence-electron chi connectivity index (χ4n) is 5.48. The first kappa shape index (κ1) is 28.7. The average Bonchev–Trinajstić information content (AvgIpc) is 3.46. The number of halogens is 1. The molecule has 1 aliphatic carbocycles. The van der Waals surface area contributed by atoms with Crippen molar-refractivity contribution in [1.29, 1.82) is 5.41 Å². The number of ether oxygens (including phenoxy) is 1. The van der Waals surface area contributed by atoms with Crippen molar-refractivity contribution >= 4 is 28.9 Å². The molecule has 2 atom stereocenters. The Morgan fingerprint density at radius 2 is 1.72 bits per heavy atom. The minimum absolute atomic E-state index is 0.163. The molecule has 206 valence electrons. The molecule has 1 amide bonds. The molecule has 2 unspecified atom stereocenters. The van der Waals surface area contributed by atoms with Gasteiger partial charge in [-0.2, -0.15) is 0 Å². The van der Waals surface area contributed by atoms with E-state index >= 15 is 0 Å². The lowest BCUT2D eigenvalue weighted by molar-refractivity contribution is 0.0922. The highest BCUT2D eigenvalue weighted by atomic mass is 35.5. The van der Waals surface area contributed by atoms with Crippen LogP contribution in [0.1, 0.15) is 92.4 Å². The van der Waals surface area contributed by atoms with Gasteiger partial charge in [0, 0.05) is 27.4 Å². The van der Waals surface area contributed by atoms with Gasteiger partial charge >= 0.3 is 0 Å². The monoisotopic (exact) mass is 545 g/mol. The van der Waals surface area contributed by atoms with E-state index in [1.165, 1.54) is 0 Å². The molecule has 4 N–H and O–H groups in total. The maximum absolute atomic E-state index is 13.5. The topological polar surface area (TPSA) is 88.2 Å². The second kappa shape index (κ2) is 13.2. The molecular weight excluding hydrogens is 506 g/mol. The van der Waals surface area contributed by atoms with Gasteiger partial charge in [-0.1, -0.05) is 63.4 Å². The number of rotatable bonds is 11. The second-order valence-electron chi connectivity index (χ2n) is 11.0. The molecule has 0 bridgehead atoms. The number of hydrogen-bond donors (Lipinski definition) is 3. The Labute approximate surface area is 237 Å². The zero-order valence-electron chi connectivity index (χ0n) is 23.2. The number of nitrogens with two attached hydrogens (primary N) is 1. The summed E-state index contributed by atoms with van der Waals surface area (Å²) >= 11 is 6.55. The zero-order chi connectivity index (χ0) is 27.9. The Morgan fingerprint density at radius 1 is 1.05 bits per heavy atom. The molecule has 0 aliphatic heterocycles. The van der Waals surface area contributed by atoms with Crippen LogP contribution in [-0.4, -0.2) is 17.7 Å². The van der Waals surface area contributed by atoms with Crippen molar-refractivity contribution < 1.29 is 9.53 Å². The van der Waals surface area contributed by atoms with Gasteiger partial charge < -0.3 is 15.8 Å². The summed E-state index contributed by atoms with van der Waals surface area (Å²) < 4.78 is 6.16. The molecule has 5 nitrogen and oxygen atoms in total. The summed E-state index contributed by atoms with van der Waals surface area (Å²) in [7, 11) is 0. The van der Waals surface area contributed by atoms with Crippen molar-refractivity contribution in [2.45, 2.75) is 71.4 Å². The van der Waals surface area contributed by atoms with Crippen LogP contribution in [0.25, 0.3) is 0 Å². The van der Waals surface area contributed by atoms with Gasteiger partial charge in [0.1, 0.15) is 5.75 Å². The lowest BCUT2D eigenvalue weighted by Crippen LogP contribution is -2.33. The minimum Gasteiger partial charge on any atom is -0.490 e. The lowest BCUT2D eigenvalue weighted by atomic mass is 9.91. The third-order valence-corrected chi connectivity index (χ3v) is 7.96. The van der Waals surface area contributed by atoms with Gasteiger partial charge in [-0.3, -0.25) is 10.2 Å². The smallest absolute Gasteiger partial charge is 0.251 e. The molecule has 0 saturated heterocycles. The molecule has 0 spiro atoms. The van der Waals surface area contributed by atoms with Crippen molar-refractivity contribution in [2.75, 3.05) is 5.73 Å². The van der Waals surface area contributed by atoms with Crippen molar-refractivity contribution in [3.05, 3.63) is 94.0 Å². The molecule has 1 saturated carbocycles. The van der Waals surface area contributed by atoms with Crippen LogP contribution < -0.4 is 15.8 Å². The number of nitrogens with one attached hydrogen (secondary N) is 2. The highest BCUT2D eigenvalue weighted by Crippen LogP contribution is 2.38. The molecule has 0 radical (unpaired) electrons. The van der Waals surface area contributed by atoms with Crippen LogP contribution in [0.5, 0.6) is 5.75 Å². The molecule has 0 aromatic heterocycles. The molecule has 6 heteroatoms. The number of amides is 1. The van der Waals surface area contributed by atoms with Gasteiger partial charge in [0.25, 0.3) is 5.91 Å². The van der Waals surface area contributed by atoms with Crippen LogP contribution in [0.15, 0.2) is 66.7 Å². The molecular formula is C33H40ClN3O2. The summed E-state index contributed by atoms with van der Waals surface area (Å²) in [6, 6.07) is 20.2. The molecule has 39 heavy (non-hydrogen) atoms. The fraction of sp³-hybridized carbons (Fsp3) is 0.394. The van der Waals surface area contributed by atoms with E-state index < -0.39 is 0 Å². The molecule has 0 heterocycles. The summed E-state index contributed by atoms with van der Waals surface area (Å²) in [5, 5.41) is 12.8. The van der Waals surface area contributed by atoms with E-state index in [0.29, 0.717) is 39.2 Å². The minimum atomic E-state index is -0.194. The van der Waals surface area contributed by atoms with E-state index in [1.54, 1.807) is 18.2 Å². The maximum Gasteiger partial charge on any atom is 0.251 e. The third-order valence-electron chi connectivity index (χ3n) is 7.62. The Bertz CT molecular complexity index is 1280.